The van der Waals surface area contributed by atoms with Crippen LogP contribution in [0.2, 0.25) is 0 Å². The van der Waals surface area contributed by atoms with Crippen LogP contribution in [0.1, 0.15) is 0 Å². The zero-order valence-electron chi connectivity index (χ0n) is 13.8. The van der Waals surface area contributed by atoms with Gasteiger partial charge in [-0.25, -0.2) is 4.39 Å². The van der Waals surface area contributed by atoms with Crippen LogP contribution in [0.3, 0.4) is 0 Å². The molecular weight excluding hydrogens is 341 g/mol. The van der Waals surface area contributed by atoms with E-state index in [1.165, 1.54) is 26.2 Å². The van der Waals surface area contributed by atoms with Gasteiger partial charge in [-0.2, -0.15) is 0 Å². The molecule has 0 aliphatic carbocycles. The van der Waals surface area contributed by atoms with E-state index in [-0.39, 0.29) is 5.82 Å². The minimum atomic E-state index is -0.189. The van der Waals surface area contributed by atoms with E-state index in [4.69, 9.17) is 0 Å². The van der Waals surface area contributed by atoms with Gasteiger partial charge in [-0.1, -0.05) is 48.5 Å². The fourth-order valence-corrected chi connectivity index (χ4v) is 4.52. The van der Waals surface area contributed by atoms with Crippen molar-refractivity contribution in [3.63, 3.8) is 0 Å². The van der Waals surface area contributed by atoms with Crippen molar-refractivity contribution in [3.8, 4) is 22.4 Å². The van der Waals surface area contributed by atoms with Gasteiger partial charge in [-0.05, 0) is 35.9 Å². The van der Waals surface area contributed by atoms with Gasteiger partial charge in [0.1, 0.15) is 5.82 Å². The minimum absolute atomic E-state index is 0.189. The van der Waals surface area contributed by atoms with E-state index in [9.17, 15) is 4.39 Å². The number of fused-ring (bicyclic) bond motifs is 3. The van der Waals surface area contributed by atoms with Crippen molar-refractivity contribution in [1.29, 1.82) is 0 Å². The van der Waals surface area contributed by atoms with E-state index in [1.54, 1.807) is 17.4 Å². The van der Waals surface area contributed by atoms with Crippen LogP contribution in [-0.4, -0.2) is 4.98 Å². The van der Waals surface area contributed by atoms with E-state index in [1.807, 2.05) is 42.6 Å². The number of hydrogen-bond donors (Lipinski definition) is 0. The van der Waals surface area contributed by atoms with Crippen LogP contribution in [0.15, 0.2) is 85.1 Å². The van der Waals surface area contributed by atoms with Gasteiger partial charge in [0, 0.05) is 37.5 Å². The lowest BCUT2D eigenvalue weighted by Crippen LogP contribution is -1.82. The average Bonchev–Trinajstić information content (AvgIpc) is 3.06. The number of hydrogen-bond acceptors (Lipinski definition) is 2. The second kappa shape index (κ2) is 6.04. The summed E-state index contributed by atoms with van der Waals surface area (Å²) in [6.07, 6.45) is 1.81. The summed E-state index contributed by atoms with van der Waals surface area (Å²) >= 11 is 1.73. The molecule has 5 aromatic rings. The number of aromatic nitrogens is 1. The number of pyridine rings is 1. The number of thiophene rings is 1. The van der Waals surface area contributed by atoms with Gasteiger partial charge in [0.25, 0.3) is 0 Å². The summed E-state index contributed by atoms with van der Waals surface area (Å²) in [6.45, 7) is 0. The van der Waals surface area contributed by atoms with Gasteiger partial charge in [0.15, 0.2) is 0 Å². The molecule has 0 N–H and O–H groups in total. The van der Waals surface area contributed by atoms with E-state index >= 15 is 0 Å². The number of nitrogens with zero attached hydrogens (tertiary/aromatic N) is 1. The smallest absolute Gasteiger partial charge is 0.131 e. The molecular formula is C23H14FNS. The Kier molecular flexibility index (Phi) is 3.54. The second-order valence-electron chi connectivity index (χ2n) is 6.22. The SMILES string of the molecule is Fc1ccccc1-c1ccc2c(c1)sc1cc(-c3ccccn3)ccc12. The molecule has 3 aromatic carbocycles. The van der Waals surface area contributed by atoms with E-state index in [0.29, 0.717) is 5.56 Å². The molecule has 3 heteroatoms. The second-order valence-corrected chi connectivity index (χ2v) is 7.30. The summed E-state index contributed by atoms with van der Waals surface area (Å²) in [4.78, 5) is 4.44. The predicted molar refractivity (Wildman–Crippen MR) is 108 cm³/mol. The van der Waals surface area contributed by atoms with Crippen LogP contribution < -0.4 is 0 Å². The monoisotopic (exact) mass is 355 g/mol. The maximum Gasteiger partial charge on any atom is 0.131 e. The highest BCUT2D eigenvalue weighted by Crippen LogP contribution is 2.38. The zero-order valence-corrected chi connectivity index (χ0v) is 14.6. The Morgan fingerprint density at radius 1 is 0.692 bits per heavy atom. The first-order chi connectivity index (χ1) is 12.8. The molecule has 0 aliphatic rings. The fraction of sp³-hybridized carbons (Fsp3) is 0. The molecule has 0 aliphatic heterocycles. The number of halogens is 1. The first-order valence-electron chi connectivity index (χ1n) is 8.42. The average molecular weight is 355 g/mol. The summed E-state index contributed by atoms with van der Waals surface area (Å²) in [7, 11) is 0. The van der Waals surface area contributed by atoms with E-state index < -0.39 is 0 Å². The first-order valence-corrected chi connectivity index (χ1v) is 9.24. The van der Waals surface area contributed by atoms with Crippen molar-refractivity contribution in [2.45, 2.75) is 0 Å². The van der Waals surface area contributed by atoms with Crippen LogP contribution in [0.4, 0.5) is 4.39 Å². The summed E-state index contributed by atoms with van der Waals surface area (Å²) in [5, 5.41) is 2.43. The maximum atomic E-state index is 14.1. The first kappa shape index (κ1) is 15.2. The van der Waals surface area contributed by atoms with Crippen molar-refractivity contribution >= 4 is 31.5 Å². The standard InChI is InChI=1S/C23H14FNS/c24-20-6-2-1-5-17(20)15-8-10-18-19-11-9-16(21-7-3-4-12-25-21)14-23(19)26-22(18)13-15/h1-14H. The van der Waals surface area contributed by atoms with Crippen LogP contribution in [0.25, 0.3) is 42.6 Å². The minimum Gasteiger partial charge on any atom is -0.256 e. The van der Waals surface area contributed by atoms with Crippen LogP contribution in [0, 0.1) is 5.82 Å². The fourth-order valence-electron chi connectivity index (χ4n) is 3.33. The molecule has 0 radical (unpaired) electrons. The van der Waals surface area contributed by atoms with Crippen molar-refractivity contribution in [1.82, 2.24) is 4.98 Å². The third-order valence-corrected chi connectivity index (χ3v) is 5.73. The largest absolute Gasteiger partial charge is 0.256 e. The predicted octanol–water partition coefficient (Wildman–Crippen LogP) is 6.92. The van der Waals surface area contributed by atoms with Gasteiger partial charge in [0.05, 0.1) is 5.69 Å². The van der Waals surface area contributed by atoms with Crippen molar-refractivity contribution in [2.75, 3.05) is 0 Å². The Morgan fingerprint density at radius 2 is 1.38 bits per heavy atom. The van der Waals surface area contributed by atoms with Gasteiger partial charge >= 0.3 is 0 Å². The summed E-state index contributed by atoms with van der Waals surface area (Å²) < 4.78 is 16.5. The van der Waals surface area contributed by atoms with Gasteiger partial charge in [0.2, 0.25) is 0 Å². The Morgan fingerprint density at radius 3 is 2.12 bits per heavy atom. The van der Waals surface area contributed by atoms with Gasteiger partial charge in [-0.3, -0.25) is 4.98 Å². The van der Waals surface area contributed by atoms with Crippen LogP contribution >= 0.6 is 11.3 Å². The lowest BCUT2D eigenvalue weighted by atomic mass is 10.0. The lowest BCUT2D eigenvalue weighted by Gasteiger charge is -2.03. The molecule has 26 heavy (non-hydrogen) atoms. The van der Waals surface area contributed by atoms with E-state index in [2.05, 4.69) is 35.3 Å². The molecule has 0 spiro atoms. The quantitative estimate of drug-likeness (QED) is 0.335. The topological polar surface area (TPSA) is 12.9 Å². The molecule has 0 bridgehead atoms. The third-order valence-electron chi connectivity index (χ3n) is 4.62. The van der Waals surface area contributed by atoms with Crippen molar-refractivity contribution < 1.29 is 4.39 Å². The Balaban J connectivity index is 1.68. The maximum absolute atomic E-state index is 14.1. The molecule has 2 heterocycles. The van der Waals surface area contributed by atoms with Crippen molar-refractivity contribution in [2.24, 2.45) is 0 Å². The molecule has 2 aromatic heterocycles. The third kappa shape index (κ3) is 2.49. The van der Waals surface area contributed by atoms with Crippen LogP contribution in [0.5, 0.6) is 0 Å². The molecule has 0 saturated carbocycles. The summed E-state index contributed by atoms with van der Waals surface area (Å²) in [6, 6.07) is 25.5. The normalized spacial score (nSPS) is 11.3. The molecule has 0 atom stereocenters. The number of rotatable bonds is 2. The molecule has 0 saturated heterocycles. The summed E-state index contributed by atoms with van der Waals surface area (Å²) in [5.74, 6) is -0.189. The van der Waals surface area contributed by atoms with Gasteiger partial charge < -0.3 is 0 Å². The zero-order chi connectivity index (χ0) is 17.5. The van der Waals surface area contributed by atoms with Crippen molar-refractivity contribution in [3.05, 3.63) is 90.9 Å². The molecule has 5 rings (SSSR count). The highest BCUT2D eigenvalue weighted by Gasteiger charge is 2.10. The number of benzene rings is 3. The molecule has 0 amide bonds. The van der Waals surface area contributed by atoms with Gasteiger partial charge in [-0.15, -0.1) is 11.3 Å². The Hall–Kier alpha value is -3.04. The Bertz CT molecular complexity index is 1240. The summed E-state index contributed by atoms with van der Waals surface area (Å²) in [5.41, 5.74) is 3.63. The molecule has 0 unspecified atom stereocenters. The Labute approximate surface area is 154 Å². The molecule has 1 nitrogen and oxygen atoms in total. The highest BCUT2D eigenvalue weighted by molar-refractivity contribution is 7.25. The molecule has 124 valence electrons. The highest BCUT2D eigenvalue weighted by atomic mass is 32.1. The van der Waals surface area contributed by atoms with E-state index in [0.717, 1.165) is 16.8 Å². The lowest BCUT2D eigenvalue weighted by molar-refractivity contribution is 0.631. The van der Waals surface area contributed by atoms with Crippen LogP contribution in [-0.2, 0) is 0 Å². The molecule has 0 fully saturated rings.